The summed E-state index contributed by atoms with van der Waals surface area (Å²) in [7, 11) is 0. The summed E-state index contributed by atoms with van der Waals surface area (Å²) < 4.78 is 29.2. The molecule has 2 N–H and O–H groups in total. The number of pyridine rings is 1. The summed E-state index contributed by atoms with van der Waals surface area (Å²) in [5.74, 6) is 0.347. The van der Waals surface area contributed by atoms with Crippen molar-refractivity contribution in [1.29, 1.82) is 0 Å². The molecule has 0 saturated heterocycles. The van der Waals surface area contributed by atoms with Gasteiger partial charge in [-0.25, -0.2) is 13.6 Å². The molecule has 0 radical (unpaired) electrons. The van der Waals surface area contributed by atoms with Crippen molar-refractivity contribution in [3.05, 3.63) is 59.9 Å². The number of hydrogen-bond donors (Lipinski definition) is 2. The Kier molecular flexibility index (Phi) is 6.48. The van der Waals surface area contributed by atoms with Crippen LogP contribution in [-0.4, -0.2) is 24.0 Å². The summed E-state index contributed by atoms with van der Waals surface area (Å²) in [6.45, 7) is 1.48. The van der Waals surface area contributed by atoms with E-state index in [1.807, 2.05) is 19.1 Å². The third kappa shape index (κ3) is 5.83. The van der Waals surface area contributed by atoms with Crippen LogP contribution in [0.1, 0.15) is 24.1 Å². The van der Waals surface area contributed by atoms with Gasteiger partial charge < -0.3 is 15.4 Å². The number of aromatic nitrogens is 1. The average Bonchev–Trinajstić information content (AvgIpc) is 2.59. The second kappa shape index (κ2) is 8.81. The van der Waals surface area contributed by atoms with Crippen LogP contribution in [0.5, 0.6) is 5.75 Å². The maximum atomic E-state index is 12.1. The van der Waals surface area contributed by atoms with Crippen LogP contribution in [0.25, 0.3) is 0 Å². The quantitative estimate of drug-likeness (QED) is 0.816. The van der Waals surface area contributed by atoms with E-state index < -0.39 is 13.0 Å². The first kappa shape index (κ1) is 17.7. The Balaban J connectivity index is 1.82. The van der Waals surface area contributed by atoms with Crippen LogP contribution >= 0.6 is 0 Å². The zero-order chi connectivity index (χ0) is 17.4. The minimum atomic E-state index is -2.52. The lowest BCUT2D eigenvalue weighted by molar-refractivity contribution is 0.0818. The van der Waals surface area contributed by atoms with E-state index in [2.05, 4.69) is 15.6 Å². The van der Waals surface area contributed by atoms with Crippen LogP contribution < -0.4 is 15.4 Å². The number of hydrogen-bond acceptors (Lipinski definition) is 3. The van der Waals surface area contributed by atoms with Crippen molar-refractivity contribution < 1.29 is 18.3 Å². The zero-order valence-corrected chi connectivity index (χ0v) is 13.2. The molecule has 0 unspecified atom stereocenters. The normalized spacial score (nSPS) is 11.8. The Labute approximate surface area is 139 Å². The van der Waals surface area contributed by atoms with Gasteiger partial charge in [0.1, 0.15) is 12.4 Å². The van der Waals surface area contributed by atoms with Gasteiger partial charge in [0.25, 0.3) is 6.43 Å². The minimum absolute atomic E-state index is 0.159. The van der Waals surface area contributed by atoms with E-state index >= 15 is 0 Å². The van der Waals surface area contributed by atoms with Gasteiger partial charge >= 0.3 is 6.03 Å². The molecule has 128 valence electrons. The molecule has 0 fully saturated rings. The van der Waals surface area contributed by atoms with E-state index in [9.17, 15) is 13.6 Å². The highest BCUT2D eigenvalue weighted by Crippen LogP contribution is 2.14. The number of ether oxygens (including phenoxy) is 1. The third-order valence-electron chi connectivity index (χ3n) is 3.28. The molecule has 2 aromatic rings. The molecule has 7 heteroatoms. The molecule has 0 aliphatic carbocycles. The number of urea groups is 1. The van der Waals surface area contributed by atoms with Crippen molar-refractivity contribution in [3.63, 3.8) is 0 Å². The molecule has 1 heterocycles. The second-order valence-corrected chi connectivity index (χ2v) is 5.18. The number of carbonyl (C=O) groups is 1. The van der Waals surface area contributed by atoms with Crippen LogP contribution in [0, 0.1) is 0 Å². The largest absolute Gasteiger partial charge is 0.488 e. The van der Waals surface area contributed by atoms with E-state index in [0.717, 1.165) is 11.1 Å². The Bertz CT molecular complexity index is 653. The van der Waals surface area contributed by atoms with Gasteiger partial charge in [-0.3, -0.25) is 4.98 Å². The molecule has 2 rings (SSSR count). The molecular weight excluding hydrogens is 316 g/mol. The number of nitrogens with zero attached hydrogens (tertiary/aromatic N) is 1. The van der Waals surface area contributed by atoms with Crippen LogP contribution in [-0.2, 0) is 6.54 Å². The molecule has 1 aromatic heterocycles. The fourth-order valence-electron chi connectivity index (χ4n) is 2.07. The first-order valence-corrected chi connectivity index (χ1v) is 7.49. The Morgan fingerprint density at radius 3 is 2.71 bits per heavy atom. The maximum absolute atomic E-state index is 12.1. The van der Waals surface area contributed by atoms with Crippen molar-refractivity contribution >= 4 is 6.03 Å². The van der Waals surface area contributed by atoms with E-state index in [0.29, 0.717) is 5.75 Å². The first-order chi connectivity index (χ1) is 11.5. The van der Waals surface area contributed by atoms with E-state index in [-0.39, 0.29) is 18.6 Å². The molecule has 0 aliphatic rings. The molecule has 0 spiro atoms. The molecular formula is C17H19F2N3O2. The van der Waals surface area contributed by atoms with Gasteiger partial charge in [-0.05, 0) is 42.3 Å². The molecule has 0 saturated carbocycles. The Hall–Kier alpha value is -2.70. The van der Waals surface area contributed by atoms with Crippen molar-refractivity contribution in [3.8, 4) is 5.75 Å². The van der Waals surface area contributed by atoms with Crippen molar-refractivity contribution in [2.45, 2.75) is 25.9 Å². The van der Waals surface area contributed by atoms with E-state index in [4.69, 9.17) is 4.74 Å². The van der Waals surface area contributed by atoms with Crippen molar-refractivity contribution in [2.24, 2.45) is 0 Å². The smallest absolute Gasteiger partial charge is 0.315 e. The SMILES string of the molecule is C[C@H](NC(=O)NCc1cccc(OCC(F)F)c1)c1ccncc1. The van der Waals surface area contributed by atoms with E-state index in [1.165, 1.54) is 0 Å². The van der Waals surface area contributed by atoms with E-state index in [1.54, 1.807) is 36.7 Å². The van der Waals surface area contributed by atoms with Gasteiger partial charge in [0, 0.05) is 18.9 Å². The minimum Gasteiger partial charge on any atom is -0.488 e. The number of carbonyl (C=O) groups excluding carboxylic acids is 1. The van der Waals surface area contributed by atoms with Gasteiger partial charge in [-0.2, -0.15) is 0 Å². The molecule has 2 amide bonds. The van der Waals surface area contributed by atoms with Crippen LogP contribution in [0.4, 0.5) is 13.6 Å². The van der Waals surface area contributed by atoms with Gasteiger partial charge in [-0.1, -0.05) is 12.1 Å². The molecule has 1 atom stereocenters. The monoisotopic (exact) mass is 335 g/mol. The number of nitrogens with one attached hydrogen (secondary N) is 2. The molecule has 0 bridgehead atoms. The van der Waals surface area contributed by atoms with Gasteiger partial charge in [0.2, 0.25) is 0 Å². The average molecular weight is 335 g/mol. The molecule has 5 nitrogen and oxygen atoms in total. The lowest BCUT2D eigenvalue weighted by Crippen LogP contribution is -2.36. The topological polar surface area (TPSA) is 63.2 Å². The van der Waals surface area contributed by atoms with Crippen molar-refractivity contribution in [1.82, 2.24) is 15.6 Å². The van der Waals surface area contributed by atoms with Gasteiger partial charge in [-0.15, -0.1) is 0 Å². The predicted molar refractivity (Wildman–Crippen MR) is 86.0 cm³/mol. The highest BCUT2D eigenvalue weighted by atomic mass is 19.3. The summed E-state index contributed by atoms with van der Waals surface area (Å²) in [5.41, 5.74) is 1.70. The summed E-state index contributed by atoms with van der Waals surface area (Å²) in [5, 5.41) is 5.54. The van der Waals surface area contributed by atoms with Crippen LogP contribution in [0.3, 0.4) is 0 Å². The summed E-state index contributed by atoms with van der Waals surface area (Å²) >= 11 is 0. The fourth-order valence-corrected chi connectivity index (χ4v) is 2.07. The lowest BCUT2D eigenvalue weighted by Gasteiger charge is -2.15. The van der Waals surface area contributed by atoms with Crippen LogP contribution in [0.15, 0.2) is 48.8 Å². The van der Waals surface area contributed by atoms with Gasteiger partial charge in [0.15, 0.2) is 0 Å². The number of amides is 2. The highest BCUT2D eigenvalue weighted by Gasteiger charge is 2.09. The maximum Gasteiger partial charge on any atom is 0.315 e. The molecule has 0 aliphatic heterocycles. The number of benzene rings is 1. The third-order valence-corrected chi connectivity index (χ3v) is 3.28. The highest BCUT2D eigenvalue weighted by molar-refractivity contribution is 5.74. The number of rotatable bonds is 7. The Morgan fingerprint density at radius 1 is 1.25 bits per heavy atom. The summed E-state index contributed by atoms with van der Waals surface area (Å²) in [6.07, 6.45) is 0.805. The molecule has 24 heavy (non-hydrogen) atoms. The first-order valence-electron chi connectivity index (χ1n) is 7.49. The standard InChI is InChI=1S/C17H19F2N3O2/c1-12(14-5-7-20-8-6-14)22-17(23)21-10-13-3-2-4-15(9-13)24-11-16(18)19/h2-9,12,16H,10-11H2,1H3,(H2,21,22,23)/t12-/m0/s1. The lowest BCUT2D eigenvalue weighted by atomic mass is 10.1. The zero-order valence-electron chi connectivity index (χ0n) is 13.2. The summed E-state index contributed by atoms with van der Waals surface area (Å²) in [4.78, 5) is 15.9. The molecule has 1 aromatic carbocycles. The predicted octanol–water partition coefficient (Wildman–Crippen LogP) is 3.29. The number of alkyl halides is 2. The van der Waals surface area contributed by atoms with Crippen LogP contribution in [0.2, 0.25) is 0 Å². The number of halogens is 2. The summed E-state index contributed by atoms with van der Waals surface area (Å²) in [6, 6.07) is 9.86. The Morgan fingerprint density at radius 2 is 2.00 bits per heavy atom. The fraction of sp³-hybridized carbons (Fsp3) is 0.294. The van der Waals surface area contributed by atoms with Gasteiger partial charge in [0.05, 0.1) is 6.04 Å². The van der Waals surface area contributed by atoms with Crippen molar-refractivity contribution in [2.75, 3.05) is 6.61 Å². The second-order valence-electron chi connectivity index (χ2n) is 5.18.